The van der Waals surface area contributed by atoms with E-state index >= 15 is 0 Å². The summed E-state index contributed by atoms with van der Waals surface area (Å²) in [6.45, 7) is 5.63. The molecule has 0 saturated carbocycles. The van der Waals surface area contributed by atoms with Crippen molar-refractivity contribution in [1.29, 1.82) is 0 Å². The summed E-state index contributed by atoms with van der Waals surface area (Å²) in [5.41, 5.74) is 0. The molecule has 0 radical (unpaired) electrons. The minimum absolute atomic E-state index is 0.408. The second-order valence-electron chi connectivity index (χ2n) is 4.81. The second kappa shape index (κ2) is 4.76. The highest BCUT2D eigenvalue weighted by atomic mass is 19.1. The molecule has 0 N–H and O–H groups in total. The van der Waals surface area contributed by atoms with Crippen LogP contribution in [0.3, 0.4) is 0 Å². The fourth-order valence-corrected chi connectivity index (χ4v) is 2.20. The van der Waals surface area contributed by atoms with Crippen LogP contribution in [0.15, 0.2) is 18.6 Å². The number of aromatic nitrogens is 2. The zero-order valence-corrected chi connectivity index (χ0v) is 9.81. The van der Waals surface area contributed by atoms with E-state index in [2.05, 4.69) is 23.8 Å². The molecule has 1 saturated heterocycles. The van der Waals surface area contributed by atoms with E-state index in [1.54, 1.807) is 18.6 Å². The number of piperidine rings is 1. The molecule has 0 spiro atoms. The zero-order chi connectivity index (χ0) is 11.5. The van der Waals surface area contributed by atoms with Gasteiger partial charge in [-0.15, -0.1) is 0 Å². The summed E-state index contributed by atoms with van der Waals surface area (Å²) in [5, 5.41) is 0. The van der Waals surface area contributed by atoms with E-state index in [4.69, 9.17) is 0 Å². The molecule has 4 heteroatoms. The Kier molecular flexibility index (Phi) is 3.36. The quantitative estimate of drug-likeness (QED) is 0.770. The van der Waals surface area contributed by atoms with Gasteiger partial charge in [0.05, 0.1) is 12.7 Å². The largest absolute Gasteiger partial charge is 0.352 e. The Morgan fingerprint density at radius 2 is 2.19 bits per heavy atom. The van der Waals surface area contributed by atoms with Crippen LogP contribution in [0.5, 0.6) is 0 Å². The van der Waals surface area contributed by atoms with E-state index in [-0.39, 0.29) is 0 Å². The number of nitrogens with zero attached hydrogens (tertiary/aromatic N) is 3. The first-order chi connectivity index (χ1) is 7.66. The molecule has 16 heavy (non-hydrogen) atoms. The fraction of sp³-hybridized carbons (Fsp3) is 0.667. The number of anilines is 1. The lowest BCUT2D eigenvalue weighted by atomic mass is 9.87. The number of alkyl halides is 1. The predicted molar refractivity (Wildman–Crippen MR) is 62.1 cm³/mol. The number of halogens is 1. The molecule has 2 heterocycles. The lowest BCUT2D eigenvalue weighted by Gasteiger charge is -2.37. The van der Waals surface area contributed by atoms with Gasteiger partial charge in [-0.25, -0.2) is 9.37 Å². The van der Waals surface area contributed by atoms with E-state index in [0.717, 1.165) is 12.4 Å². The molecule has 3 nitrogen and oxygen atoms in total. The summed E-state index contributed by atoms with van der Waals surface area (Å²) < 4.78 is 13.6. The van der Waals surface area contributed by atoms with Crippen molar-refractivity contribution < 1.29 is 4.39 Å². The van der Waals surface area contributed by atoms with E-state index in [1.807, 2.05) is 4.90 Å². The maximum Gasteiger partial charge on any atom is 0.147 e. The van der Waals surface area contributed by atoms with Crippen LogP contribution < -0.4 is 4.90 Å². The summed E-state index contributed by atoms with van der Waals surface area (Å²) >= 11 is 0. The smallest absolute Gasteiger partial charge is 0.147 e. The minimum Gasteiger partial charge on any atom is -0.352 e. The van der Waals surface area contributed by atoms with Gasteiger partial charge in [-0.1, -0.05) is 13.8 Å². The average molecular weight is 223 g/mol. The summed E-state index contributed by atoms with van der Waals surface area (Å²) in [6.07, 6.45) is 4.93. The van der Waals surface area contributed by atoms with Gasteiger partial charge in [-0.05, 0) is 18.3 Å². The van der Waals surface area contributed by atoms with Gasteiger partial charge in [0.25, 0.3) is 0 Å². The molecule has 1 fully saturated rings. The van der Waals surface area contributed by atoms with Crippen molar-refractivity contribution in [2.24, 2.45) is 11.8 Å². The van der Waals surface area contributed by atoms with Crippen LogP contribution in [0.2, 0.25) is 0 Å². The third-order valence-corrected chi connectivity index (χ3v) is 3.25. The summed E-state index contributed by atoms with van der Waals surface area (Å²) in [4.78, 5) is 10.3. The molecular weight excluding hydrogens is 205 g/mol. The van der Waals surface area contributed by atoms with Gasteiger partial charge < -0.3 is 4.90 Å². The minimum atomic E-state index is -0.747. The highest BCUT2D eigenvalue weighted by Crippen LogP contribution is 2.27. The Morgan fingerprint density at radius 3 is 2.81 bits per heavy atom. The van der Waals surface area contributed by atoms with Gasteiger partial charge in [0.2, 0.25) is 0 Å². The first-order valence-electron chi connectivity index (χ1n) is 5.82. The highest BCUT2D eigenvalue weighted by Gasteiger charge is 2.29. The molecule has 0 aromatic carbocycles. The summed E-state index contributed by atoms with van der Waals surface area (Å²) in [7, 11) is 0. The molecule has 2 atom stereocenters. The van der Waals surface area contributed by atoms with E-state index in [9.17, 15) is 4.39 Å². The van der Waals surface area contributed by atoms with Crippen LogP contribution in [-0.4, -0.2) is 29.2 Å². The van der Waals surface area contributed by atoms with Gasteiger partial charge in [-0.2, -0.15) is 0 Å². The third-order valence-electron chi connectivity index (χ3n) is 3.25. The lowest BCUT2D eigenvalue weighted by Crippen LogP contribution is -2.43. The standard InChI is InChI=1S/C12H18FN3/c1-9(2)10-5-11(13)8-16(7-10)12-6-14-3-4-15-12/h3-4,6,9-11H,5,7-8H2,1-2H3. The topological polar surface area (TPSA) is 29.0 Å². The number of hydrogen-bond donors (Lipinski definition) is 0. The third kappa shape index (κ3) is 2.49. The molecule has 0 bridgehead atoms. The zero-order valence-electron chi connectivity index (χ0n) is 9.81. The Hall–Kier alpha value is -1.19. The average Bonchev–Trinajstić information content (AvgIpc) is 2.29. The van der Waals surface area contributed by atoms with Crippen LogP contribution in [-0.2, 0) is 0 Å². The van der Waals surface area contributed by atoms with Crippen molar-refractivity contribution in [1.82, 2.24) is 9.97 Å². The Bertz CT molecular complexity index is 328. The second-order valence-corrected chi connectivity index (χ2v) is 4.81. The molecule has 0 amide bonds. The molecule has 2 unspecified atom stereocenters. The Morgan fingerprint density at radius 1 is 1.38 bits per heavy atom. The maximum atomic E-state index is 13.6. The van der Waals surface area contributed by atoms with Gasteiger partial charge in [0.1, 0.15) is 12.0 Å². The normalized spacial score (nSPS) is 26.1. The number of hydrogen-bond acceptors (Lipinski definition) is 3. The Balaban J connectivity index is 2.11. The summed E-state index contributed by atoms with van der Waals surface area (Å²) in [5.74, 6) is 1.71. The molecule has 1 aromatic heterocycles. The van der Waals surface area contributed by atoms with Crippen molar-refractivity contribution in [2.45, 2.75) is 26.4 Å². The molecule has 1 aliphatic heterocycles. The molecular formula is C12H18FN3. The summed E-state index contributed by atoms with van der Waals surface area (Å²) in [6, 6.07) is 0. The predicted octanol–water partition coefficient (Wildman–Crippen LogP) is 2.30. The van der Waals surface area contributed by atoms with Crippen LogP contribution >= 0.6 is 0 Å². The van der Waals surface area contributed by atoms with Gasteiger partial charge >= 0.3 is 0 Å². The van der Waals surface area contributed by atoms with Crippen molar-refractivity contribution in [3.05, 3.63) is 18.6 Å². The van der Waals surface area contributed by atoms with Crippen LogP contribution in [0.4, 0.5) is 10.2 Å². The van der Waals surface area contributed by atoms with Crippen molar-refractivity contribution in [3.63, 3.8) is 0 Å². The van der Waals surface area contributed by atoms with E-state index in [1.165, 1.54) is 0 Å². The molecule has 1 aromatic rings. The van der Waals surface area contributed by atoms with Crippen LogP contribution in [0, 0.1) is 11.8 Å². The number of rotatable bonds is 2. The van der Waals surface area contributed by atoms with Crippen molar-refractivity contribution in [3.8, 4) is 0 Å². The molecule has 0 aliphatic carbocycles. The van der Waals surface area contributed by atoms with Crippen molar-refractivity contribution in [2.75, 3.05) is 18.0 Å². The molecule has 1 aliphatic rings. The van der Waals surface area contributed by atoms with Gasteiger partial charge in [0, 0.05) is 18.9 Å². The Labute approximate surface area is 95.7 Å². The first kappa shape index (κ1) is 11.3. The van der Waals surface area contributed by atoms with Crippen LogP contribution in [0.25, 0.3) is 0 Å². The van der Waals surface area contributed by atoms with Crippen molar-refractivity contribution >= 4 is 5.82 Å². The van der Waals surface area contributed by atoms with Gasteiger partial charge in [0.15, 0.2) is 0 Å². The monoisotopic (exact) mass is 223 g/mol. The van der Waals surface area contributed by atoms with Crippen LogP contribution in [0.1, 0.15) is 20.3 Å². The highest BCUT2D eigenvalue weighted by molar-refractivity contribution is 5.36. The molecule has 2 rings (SSSR count). The SMILES string of the molecule is CC(C)C1CC(F)CN(c2cnccn2)C1. The lowest BCUT2D eigenvalue weighted by molar-refractivity contribution is 0.202. The fourth-order valence-electron chi connectivity index (χ4n) is 2.20. The molecule has 88 valence electrons. The first-order valence-corrected chi connectivity index (χ1v) is 5.82. The van der Waals surface area contributed by atoms with E-state index in [0.29, 0.717) is 24.8 Å². The van der Waals surface area contributed by atoms with E-state index < -0.39 is 6.17 Å². The van der Waals surface area contributed by atoms with Gasteiger partial charge in [-0.3, -0.25) is 4.98 Å². The maximum absolute atomic E-state index is 13.6.